The molecule has 106 valence electrons. The van der Waals surface area contributed by atoms with Gasteiger partial charge in [0.25, 0.3) is 0 Å². The summed E-state index contributed by atoms with van der Waals surface area (Å²) in [5.41, 5.74) is 5.60. The van der Waals surface area contributed by atoms with Crippen LogP contribution in [-0.4, -0.2) is 39.0 Å². The maximum atomic E-state index is 12.5. The van der Waals surface area contributed by atoms with Crippen LogP contribution in [-0.2, 0) is 10.0 Å². The van der Waals surface area contributed by atoms with Gasteiger partial charge in [-0.25, -0.2) is 8.42 Å². The van der Waals surface area contributed by atoms with E-state index in [0.29, 0.717) is 32.0 Å². The van der Waals surface area contributed by atoms with Gasteiger partial charge >= 0.3 is 0 Å². The average Bonchev–Trinajstić information content (AvgIpc) is 2.89. The summed E-state index contributed by atoms with van der Waals surface area (Å²) in [6.07, 6.45) is 0.834. The Bertz CT molecular complexity index is 530. The molecule has 1 aliphatic heterocycles. The third kappa shape index (κ3) is 3.08. The van der Waals surface area contributed by atoms with Crippen LogP contribution in [0.1, 0.15) is 13.3 Å². The van der Waals surface area contributed by atoms with Crippen LogP contribution in [0.5, 0.6) is 5.75 Å². The van der Waals surface area contributed by atoms with Crippen molar-refractivity contribution in [1.82, 2.24) is 4.31 Å². The van der Waals surface area contributed by atoms with Crippen molar-refractivity contribution in [1.29, 1.82) is 0 Å². The van der Waals surface area contributed by atoms with Crippen molar-refractivity contribution in [3.05, 3.63) is 24.3 Å². The van der Waals surface area contributed by atoms with Crippen molar-refractivity contribution >= 4 is 10.0 Å². The lowest BCUT2D eigenvalue weighted by Crippen LogP contribution is -2.30. The standard InChI is InChI=1S/C13H20N2O3S/c1-2-18-12-4-3-5-13(8-12)19(16,17)15-7-6-11(9-14)10-15/h3-5,8,11H,2,6-7,9-10,14H2,1H3. The zero-order valence-electron chi connectivity index (χ0n) is 11.1. The number of benzene rings is 1. The van der Waals surface area contributed by atoms with Gasteiger partial charge in [-0.15, -0.1) is 0 Å². The van der Waals surface area contributed by atoms with Gasteiger partial charge in [-0.05, 0) is 37.9 Å². The summed E-state index contributed by atoms with van der Waals surface area (Å²) >= 11 is 0. The Hall–Kier alpha value is -1.11. The van der Waals surface area contributed by atoms with E-state index in [-0.39, 0.29) is 10.8 Å². The number of sulfonamides is 1. The number of hydrogen-bond donors (Lipinski definition) is 1. The highest BCUT2D eigenvalue weighted by molar-refractivity contribution is 7.89. The van der Waals surface area contributed by atoms with Gasteiger partial charge in [0.1, 0.15) is 5.75 Å². The Morgan fingerprint density at radius 3 is 2.89 bits per heavy atom. The Kier molecular flexibility index (Phi) is 4.44. The van der Waals surface area contributed by atoms with Crippen molar-refractivity contribution in [2.75, 3.05) is 26.2 Å². The van der Waals surface area contributed by atoms with Gasteiger partial charge in [0.2, 0.25) is 10.0 Å². The molecule has 0 aromatic heterocycles. The molecule has 2 N–H and O–H groups in total. The second-order valence-corrected chi connectivity index (χ2v) is 6.60. The van der Waals surface area contributed by atoms with Crippen molar-refractivity contribution in [3.8, 4) is 5.75 Å². The molecular weight excluding hydrogens is 264 g/mol. The van der Waals surface area contributed by atoms with Crippen LogP contribution in [0.15, 0.2) is 29.2 Å². The van der Waals surface area contributed by atoms with E-state index in [0.717, 1.165) is 6.42 Å². The van der Waals surface area contributed by atoms with E-state index in [1.807, 2.05) is 6.92 Å². The molecule has 1 saturated heterocycles. The minimum absolute atomic E-state index is 0.268. The SMILES string of the molecule is CCOc1cccc(S(=O)(=O)N2CCC(CN)C2)c1. The monoisotopic (exact) mass is 284 g/mol. The first-order chi connectivity index (χ1) is 9.07. The topological polar surface area (TPSA) is 72.6 Å². The number of nitrogens with zero attached hydrogens (tertiary/aromatic N) is 1. The van der Waals surface area contributed by atoms with E-state index in [9.17, 15) is 8.42 Å². The highest BCUT2D eigenvalue weighted by atomic mass is 32.2. The number of rotatable bonds is 5. The zero-order valence-corrected chi connectivity index (χ0v) is 11.9. The van der Waals surface area contributed by atoms with E-state index < -0.39 is 10.0 Å². The third-order valence-corrected chi connectivity index (χ3v) is 5.20. The quantitative estimate of drug-likeness (QED) is 0.877. The first-order valence-corrected chi connectivity index (χ1v) is 7.95. The smallest absolute Gasteiger partial charge is 0.243 e. The molecule has 0 bridgehead atoms. The molecule has 0 radical (unpaired) electrons. The Morgan fingerprint density at radius 1 is 1.47 bits per heavy atom. The van der Waals surface area contributed by atoms with Gasteiger partial charge in [0.15, 0.2) is 0 Å². The van der Waals surface area contributed by atoms with Crippen LogP contribution < -0.4 is 10.5 Å². The van der Waals surface area contributed by atoms with Crippen LogP contribution >= 0.6 is 0 Å². The predicted molar refractivity (Wildman–Crippen MR) is 73.5 cm³/mol. The number of ether oxygens (including phenoxy) is 1. The third-order valence-electron chi connectivity index (χ3n) is 3.34. The molecule has 1 aromatic rings. The first kappa shape index (κ1) is 14.3. The fourth-order valence-electron chi connectivity index (χ4n) is 2.25. The largest absolute Gasteiger partial charge is 0.494 e. The maximum Gasteiger partial charge on any atom is 0.243 e. The Balaban J connectivity index is 2.22. The van der Waals surface area contributed by atoms with Crippen LogP contribution in [0.4, 0.5) is 0 Å². The number of hydrogen-bond acceptors (Lipinski definition) is 4. The summed E-state index contributed by atoms with van der Waals surface area (Å²) in [4.78, 5) is 0.288. The molecule has 0 amide bonds. The highest BCUT2D eigenvalue weighted by Crippen LogP contribution is 2.25. The molecular formula is C13H20N2O3S. The van der Waals surface area contributed by atoms with Crippen molar-refractivity contribution in [2.24, 2.45) is 11.7 Å². The highest BCUT2D eigenvalue weighted by Gasteiger charge is 2.31. The van der Waals surface area contributed by atoms with E-state index in [2.05, 4.69) is 0 Å². The van der Waals surface area contributed by atoms with Crippen LogP contribution in [0.25, 0.3) is 0 Å². The Labute approximate surface area is 114 Å². The molecule has 1 unspecified atom stereocenters. The van der Waals surface area contributed by atoms with Gasteiger partial charge in [-0.1, -0.05) is 6.07 Å². The van der Waals surface area contributed by atoms with Crippen LogP contribution in [0, 0.1) is 5.92 Å². The second-order valence-electron chi connectivity index (χ2n) is 4.66. The van der Waals surface area contributed by atoms with Crippen molar-refractivity contribution < 1.29 is 13.2 Å². The lowest BCUT2D eigenvalue weighted by atomic mass is 10.1. The molecule has 6 heteroatoms. The summed E-state index contributed by atoms with van der Waals surface area (Å²) in [5.74, 6) is 0.850. The Morgan fingerprint density at radius 2 is 2.26 bits per heavy atom. The zero-order chi connectivity index (χ0) is 13.9. The summed E-state index contributed by atoms with van der Waals surface area (Å²) in [7, 11) is -3.42. The molecule has 1 aliphatic rings. The lowest BCUT2D eigenvalue weighted by molar-refractivity contribution is 0.339. The molecule has 1 fully saturated rings. The summed E-state index contributed by atoms with van der Waals surface area (Å²) in [6, 6.07) is 6.64. The normalized spacial score (nSPS) is 20.6. The average molecular weight is 284 g/mol. The molecule has 2 rings (SSSR count). The van der Waals surface area contributed by atoms with Gasteiger partial charge in [0.05, 0.1) is 11.5 Å². The second kappa shape index (κ2) is 5.90. The van der Waals surface area contributed by atoms with E-state index in [1.54, 1.807) is 24.3 Å². The lowest BCUT2D eigenvalue weighted by Gasteiger charge is -2.17. The van der Waals surface area contributed by atoms with Gasteiger partial charge < -0.3 is 10.5 Å². The molecule has 1 atom stereocenters. The van der Waals surface area contributed by atoms with Crippen LogP contribution in [0.3, 0.4) is 0 Å². The number of nitrogens with two attached hydrogens (primary N) is 1. The van der Waals surface area contributed by atoms with Gasteiger partial charge in [-0.2, -0.15) is 4.31 Å². The minimum Gasteiger partial charge on any atom is -0.494 e. The molecule has 0 aliphatic carbocycles. The molecule has 5 nitrogen and oxygen atoms in total. The van der Waals surface area contributed by atoms with Gasteiger partial charge in [-0.3, -0.25) is 0 Å². The molecule has 0 spiro atoms. The molecule has 19 heavy (non-hydrogen) atoms. The molecule has 1 aromatic carbocycles. The van der Waals surface area contributed by atoms with E-state index >= 15 is 0 Å². The predicted octanol–water partition coefficient (Wildman–Crippen LogP) is 1.05. The molecule has 0 saturated carbocycles. The summed E-state index contributed by atoms with van der Waals surface area (Å²) in [5, 5.41) is 0. The van der Waals surface area contributed by atoms with E-state index in [4.69, 9.17) is 10.5 Å². The van der Waals surface area contributed by atoms with Crippen molar-refractivity contribution in [3.63, 3.8) is 0 Å². The first-order valence-electron chi connectivity index (χ1n) is 6.51. The maximum absolute atomic E-state index is 12.5. The fourth-order valence-corrected chi connectivity index (χ4v) is 3.81. The van der Waals surface area contributed by atoms with Gasteiger partial charge in [0, 0.05) is 19.2 Å². The summed E-state index contributed by atoms with van der Waals surface area (Å²) < 4.78 is 31.8. The van der Waals surface area contributed by atoms with Crippen molar-refractivity contribution in [2.45, 2.75) is 18.2 Å². The molecule has 1 heterocycles. The minimum atomic E-state index is -3.42. The fraction of sp³-hybridized carbons (Fsp3) is 0.538. The summed E-state index contributed by atoms with van der Waals surface area (Å²) in [6.45, 7) is 3.97. The van der Waals surface area contributed by atoms with Crippen LogP contribution in [0.2, 0.25) is 0 Å². The van der Waals surface area contributed by atoms with E-state index in [1.165, 1.54) is 4.31 Å².